The number of Topliss-reactive ketones (excluding diaryl/α,β-unsaturated/α-hetero) is 1. The third-order valence-corrected chi connectivity index (χ3v) is 3.98. The minimum Gasteiger partial charge on any atom is -0.424 e. The summed E-state index contributed by atoms with van der Waals surface area (Å²) in [5.74, 6) is -2.93. The highest BCUT2D eigenvalue weighted by atomic mass is 35.5. The lowest BCUT2D eigenvalue weighted by Gasteiger charge is -2.32. The highest BCUT2D eigenvalue weighted by Crippen LogP contribution is 2.42. The van der Waals surface area contributed by atoms with Crippen molar-refractivity contribution in [3.8, 4) is 0 Å². The second-order valence-electron chi connectivity index (χ2n) is 6.59. The van der Waals surface area contributed by atoms with Crippen molar-refractivity contribution >= 4 is 28.9 Å². The molecule has 0 aromatic heterocycles. The number of carbonyl (C=O) groups is 2. The first-order valence-corrected chi connectivity index (χ1v) is 7.60. The molecule has 1 aromatic carbocycles. The molecule has 1 aromatic rings. The Hall–Kier alpha value is -1.82. The Morgan fingerprint density at radius 1 is 1.25 bits per heavy atom. The summed E-state index contributed by atoms with van der Waals surface area (Å²) in [6.07, 6.45) is -4.92. The minimum atomic E-state index is -5.13. The fraction of sp³-hybridized carbons (Fsp3) is 0.412. The van der Waals surface area contributed by atoms with Crippen LogP contribution < -0.4 is 0 Å². The maximum absolute atomic E-state index is 12.6. The normalized spacial score (nSPS) is 17.9. The number of esters is 1. The third-order valence-electron chi connectivity index (χ3n) is 3.74. The molecule has 0 unspecified atom stereocenters. The molecule has 0 radical (unpaired) electrons. The van der Waals surface area contributed by atoms with E-state index in [1.54, 1.807) is 32.9 Å². The third kappa shape index (κ3) is 3.98. The molecular formula is C17H16ClF3O3. The summed E-state index contributed by atoms with van der Waals surface area (Å²) in [5.41, 5.74) is 0.458. The molecule has 3 nitrogen and oxygen atoms in total. The lowest BCUT2D eigenvalue weighted by atomic mass is 9.74. The van der Waals surface area contributed by atoms with Gasteiger partial charge in [-0.1, -0.05) is 31.5 Å². The maximum Gasteiger partial charge on any atom is 0.491 e. The van der Waals surface area contributed by atoms with Crippen LogP contribution in [0.1, 0.15) is 37.8 Å². The monoisotopic (exact) mass is 360 g/mol. The topological polar surface area (TPSA) is 43.4 Å². The highest BCUT2D eigenvalue weighted by Gasteiger charge is 2.44. The molecule has 0 fully saturated rings. The molecule has 0 saturated heterocycles. The van der Waals surface area contributed by atoms with E-state index in [0.717, 1.165) is 0 Å². The zero-order valence-corrected chi connectivity index (χ0v) is 14.1. The van der Waals surface area contributed by atoms with E-state index in [1.807, 2.05) is 0 Å². The largest absolute Gasteiger partial charge is 0.491 e. The molecule has 2 rings (SSSR count). The average molecular weight is 361 g/mol. The van der Waals surface area contributed by atoms with Crippen molar-refractivity contribution in [2.45, 2.75) is 39.8 Å². The quantitative estimate of drug-likeness (QED) is 0.708. The van der Waals surface area contributed by atoms with Crippen LogP contribution in [0.25, 0.3) is 5.57 Å². The SMILES string of the molecule is Cc1cc(Cl)ccc1C1=C(OC(=O)C(F)(F)F)CC(C)(C)CC1=O. The zero-order valence-electron chi connectivity index (χ0n) is 13.4. The fourth-order valence-electron chi connectivity index (χ4n) is 2.73. The summed E-state index contributed by atoms with van der Waals surface area (Å²) < 4.78 is 42.2. The minimum absolute atomic E-state index is 0.0149. The highest BCUT2D eigenvalue weighted by molar-refractivity contribution is 6.31. The number of aryl methyl sites for hydroxylation is 1. The number of hydrogen-bond acceptors (Lipinski definition) is 3. The van der Waals surface area contributed by atoms with Gasteiger partial charge in [-0.15, -0.1) is 0 Å². The predicted octanol–water partition coefficient (Wildman–Crippen LogP) is 4.85. The van der Waals surface area contributed by atoms with Crippen molar-refractivity contribution in [1.29, 1.82) is 0 Å². The van der Waals surface area contributed by atoms with E-state index in [1.165, 1.54) is 6.07 Å². The van der Waals surface area contributed by atoms with Crippen LogP contribution in [-0.2, 0) is 14.3 Å². The van der Waals surface area contributed by atoms with E-state index in [4.69, 9.17) is 11.6 Å². The molecule has 1 aliphatic rings. The van der Waals surface area contributed by atoms with Gasteiger partial charge in [-0.2, -0.15) is 13.2 Å². The first kappa shape index (κ1) is 18.5. The van der Waals surface area contributed by atoms with Gasteiger partial charge in [0.2, 0.25) is 0 Å². The Labute approximate surface area is 142 Å². The van der Waals surface area contributed by atoms with Gasteiger partial charge in [0.05, 0.1) is 5.57 Å². The summed E-state index contributed by atoms with van der Waals surface area (Å²) in [4.78, 5) is 23.8. The summed E-state index contributed by atoms with van der Waals surface area (Å²) in [5, 5.41) is 0.439. The molecule has 0 saturated carbocycles. The number of allylic oxidation sites excluding steroid dienone is 2. The molecule has 7 heteroatoms. The lowest BCUT2D eigenvalue weighted by molar-refractivity contribution is -0.195. The first-order valence-electron chi connectivity index (χ1n) is 7.22. The van der Waals surface area contributed by atoms with Gasteiger partial charge in [0.15, 0.2) is 5.78 Å². The standard InChI is InChI=1S/C17H16ClF3O3/c1-9-6-10(18)4-5-11(9)14-12(22)7-16(2,3)8-13(14)24-15(23)17(19,20)21/h4-6H,7-8H2,1-3H3. The van der Waals surface area contributed by atoms with Gasteiger partial charge in [-0.25, -0.2) is 4.79 Å². The van der Waals surface area contributed by atoms with Crippen molar-refractivity contribution in [2.24, 2.45) is 5.41 Å². The molecule has 0 atom stereocenters. The number of alkyl halides is 3. The second kappa shape index (κ2) is 6.24. The van der Waals surface area contributed by atoms with E-state index in [2.05, 4.69) is 4.74 Å². The molecule has 0 heterocycles. The van der Waals surface area contributed by atoms with Crippen LogP contribution in [0.2, 0.25) is 5.02 Å². The van der Waals surface area contributed by atoms with E-state index in [-0.39, 0.29) is 30.0 Å². The number of carbonyl (C=O) groups excluding carboxylic acids is 2. The van der Waals surface area contributed by atoms with Gasteiger partial charge >= 0.3 is 12.1 Å². The Morgan fingerprint density at radius 3 is 2.42 bits per heavy atom. The number of hydrogen-bond donors (Lipinski definition) is 0. The second-order valence-corrected chi connectivity index (χ2v) is 7.02. The molecule has 24 heavy (non-hydrogen) atoms. The van der Waals surface area contributed by atoms with E-state index in [9.17, 15) is 22.8 Å². The average Bonchev–Trinajstić information content (AvgIpc) is 2.38. The van der Waals surface area contributed by atoms with Gasteiger partial charge in [0.25, 0.3) is 0 Å². The number of benzene rings is 1. The van der Waals surface area contributed by atoms with Crippen LogP contribution in [-0.4, -0.2) is 17.9 Å². The molecule has 0 aliphatic heterocycles. The molecule has 0 spiro atoms. The van der Waals surface area contributed by atoms with Crippen molar-refractivity contribution in [3.05, 3.63) is 40.1 Å². The maximum atomic E-state index is 12.6. The zero-order chi connectivity index (χ0) is 18.3. The Bertz CT molecular complexity index is 733. The number of rotatable bonds is 2. The molecule has 0 bridgehead atoms. The first-order chi connectivity index (χ1) is 10.9. The molecular weight excluding hydrogens is 345 g/mol. The van der Waals surface area contributed by atoms with Crippen LogP contribution in [0, 0.1) is 12.3 Å². The van der Waals surface area contributed by atoms with E-state index in [0.29, 0.717) is 16.1 Å². The summed E-state index contributed by atoms with van der Waals surface area (Å²) in [7, 11) is 0. The van der Waals surface area contributed by atoms with Crippen molar-refractivity contribution in [2.75, 3.05) is 0 Å². The Balaban J connectivity index is 2.58. The summed E-state index contributed by atoms with van der Waals surface area (Å²) in [6, 6.07) is 4.68. The number of ketones is 1. The Kier molecular flexibility index (Phi) is 4.81. The molecule has 0 N–H and O–H groups in total. The molecule has 130 valence electrons. The predicted molar refractivity (Wildman–Crippen MR) is 83.3 cm³/mol. The summed E-state index contributed by atoms with van der Waals surface area (Å²) >= 11 is 5.88. The molecule has 1 aliphatic carbocycles. The fourth-order valence-corrected chi connectivity index (χ4v) is 2.96. The summed E-state index contributed by atoms with van der Waals surface area (Å²) in [6.45, 7) is 5.15. The van der Waals surface area contributed by atoms with Gasteiger partial charge in [0, 0.05) is 17.9 Å². The van der Waals surface area contributed by atoms with Crippen LogP contribution in [0.3, 0.4) is 0 Å². The van der Waals surface area contributed by atoms with Gasteiger partial charge < -0.3 is 4.74 Å². The number of halogens is 4. The van der Waals surface area contributed by atoms with Gasteiger partial charge in [-0.3, -0.25) is 4.79 Å². The van der Waals surface area contributed by atoms with Crippen LogP contribution >= 0.6 is 11.6 Å². The molecule has 0 amide bonds. The van der Waals surface area contributed by atoms with Gasteiger partial charge in [-0.05, 0) is 35.6 Å². The van der Waals surface area contributed by atoms with Crippen molar-refractivity contribution < 1.29 is 27.5 Å². The van der Waals surface area contributed by atoms with E-state index < -0.39 is 17.6 Å². The smallest absolute Gasteiger partial charge is 0.424 e. The van der Waals surface area contributed by atoms with Crippen molar-refractivity contribution in [1.82, 2.24) is 0 Å². The van der Waals surface area contributed by atoms with Crippen LogP contribution in [0.5, 0.6) is 0 Å². The van der Waals surface area contributed by atoms with Crippen LogP contribution in [0.15, 0.2) is 24.0 Å². The van der Waals surface area contributed by atoms with Crippen LogP contribution in [0.4, 0.5) is 13.2 Å². The number of ether oxygens (including phenoxy) is 1. The van der Waals surface area contributed by atoms with Gasteiger partial charge in [0.1, 0.15) is 5.76 Å². The van der Waals surface area contributed by atoms with Crippen molar-refractivity contribution in [3.63, 3.8) is 0 Å². The lowest BCUT2D eigenvalue weighted by Crippen LogP contribution is -2.31. The Morgan fingerprint density at radius 2 is 1.88 bits per heavy atom. The van der Waals surface area contributed by atoms with E-state index >= 15 is 0 Å².